The van der Waals surface area contributed by atoms with E-state index < -0.39 is 11.8 Å². The molecule has 1 aromatic heterocycles. The summed E-state index contributed by atoms with van der Waals surface area (Å²) in [6.45, 7) is 4.44. The van der Waals surface area contributed by atoms with Gasteiger partial charge in [-0.15, -0.1) is 0 Å². The van der Waals surface area contributed by atoms with Crippen molar-refractivity contribution in [3.8, 4) is 11.4 Å². The number of hydrogen-bond donors (Lipinski definition) is 0. The summed E-state index contributed by atoms with van der Waals surface area (Å²) in [5.41, 5.74) is 5.86. The number of rotatable bonds is 7. The Bertz CT molecular complexity index is 1820. The molecule has 5 aromatic rings. The topological polar surface area (TPSA) is 54.8 Å². The number of amides is 2. The highest BCUT2D eigenvalue weighted by Gasteiger charge is 2.41. The quantitative estimate of drug-likeness (QED) is 0.100. The monoisotopic (exact) mass is 661 g/mol. The van der Waals surface area contributed by atoms with Crippen molar-refractivity contribution in [1.29, 1.82) is 0 Å². The van der Waals surface area contributed by atoms with Crippen molar-refractivity contribution in [2.24, 2.45) is 0 Å². The number of carbonyl (C=O) groups is 2. The number of para-hydroxylation sites is 2. The highest BCUT2D eigenvalue weighted by Crippen LogP contribution is 2.31. The fourth-order valence-electron chi connectivity index (χ4n) is 5.26. The number of benzene rings is 4. The molecule has 0 bridgehead atoms. The Morgan fingerprint density at radius 3 is 1.82 bits per heavy atom. The minimum atomic E-state index is -0.463. The van der Waals surface area contributed by atoms with Gasteiger partial charge in [0.15, 0.2) is 5.11 Å². The third kappa shape index (κ3) is 5.74. The average Bonchev–Trinajstić information content (AvgIpc) is 3.32. The van der Waals surface area contributed by atoms with Gasteiger partial charge in [0.1, 0.15) is 17.9 Å². The van der Waals surface area contributed by atoms with E-state index in [0.29, 0.717) is 18.0 Å². The number of nitrogens with zero attached hydrogens (tertiary/aromatic N) is 3. The van der Waals surface area contributed by atoms with Crippen LogP contribution in [0.25, 0.3) is 11.8 Å². The molecule has 2 amide bonds. The summed E-state index contributed by atoms with van der Waals surface area (Å²) in [6.07, 6.45) is 1.67. The minimum Gasteiger partial charge on any atom is -0.489 e. The molecule has 8 heteroatoms. The first-order valence-corrected chi connectivity index (χ1v) is 15.2. The van der Waals surface area contributed by atoms with Gasteiger partial charge >= 0.3 is 0 Å². The standard InChI is InChI=1S/C36H28BrN3O3S/c1-24-21-27(25(2)38(24)31-17-19-32(20-18-31)43-23-26-13-15-28(37)16-14-26)22-33-34(41)39(29-9-5-3-6-10-29)36(44)40(35(33)42)30-11-7-4-8-12-30/h3-22H,23H2,1-2H3. The van der Waals surface area contributed by atoms with Gasteiger partial charge in [0.05, 0.1) is 11.4 Å². The van der Waals surface area contributed by atoms with Crippen LogP contribution >= 0.6 is 28.1 Å². The molecule has 1 saturated heterocycles. The van der Waals surface area contributed by atoms with Crippen LogP contribution in [-0.4, -0.2) is 21.5 Å². The summed E-state index contributed by atoms with van der Waals surface area (Å²) in [6, 6.07) is 36.2. The first-order valence-electron chi connectivity index (χ1n) is 14.0. The molecule has 0 aliphatic carbocycles. The lowest BCUT2D eigenvalue weighted by Gasteiger charge is -2.36. The van der Waals surface area contributed by atoms with Gasteiger partial charge in [-0.05, 0) is 110 Å². The Kier molecular flexibility index (Phi) is 8.28. The second-order valence-corrected chi connectivity index (χ2v) is 11.6. The largest absolute Gasteiger partial charge is 0.489 e. The summed E-state index contributed by atoms with van der Waals surface area (Å²) in [7, 11) is 0. The van der Waals surface area contributed by atoms with Crippen LogP contribution < -0.4 is 14.5 Å². The second-order valence-electron chi connectivity index (χ2n) is 10.4. The van der Waals surface area contributed by atoms with E-state index in [0.717, 1.165) is 38.4 Å². The number of thiocarbonyl (C=S) groups is 1. The molecular weight excluding hydrogens is 634 g/mol. The van der Waals surface area contributed by atoms with Gasteiger partial charge in [0.25, 0.3) is 11.8 Å². The number of aromatic nitrogens is 1. The minimum absolute atomic E-state index is 0.0308. The molecule has 218 valence electrons. The molecule has 1 fully saturated rings. The van der Waals surface area contributed by atoms with Crippen molar-refractivity contribution < 1.29 is 14.3 Å². The van der Waals surface area contributed by atoms with Crippen LogP contribution in [0, 0.1) is 13.8 Å². The molecule has 1 aliphatic rings. The van der Waals surface area contributed by atoms with Crippen LogP contribution in [0.2, 0.25) is 0 Å². The zero-order valence-electron chi connectivity index (χ0n) is 24.1. The molecule has 44 heavy (non-hydrogen) atoms. The van der Waals surface area contributed by atoms with E-state index in [-0.39, 0.29) is 10.7 Å². The van der Waals surface area contributed by atoms with Crippen LogP contribution in [0.15, 0.2) is 125 Å². The highest BCUT2D eigenvalue weighted by molar-refractivity contribution is 9.10. The van der Waals surface area contributed by atoms with Crippen LogP contribution in [0.4, 0.5) is 11.4 Å². The lowest BCUT2D eigenvalue weighted by atomic mass is 10.1. The van der Waals surface area contributed by atoms with Crippen LogP contribution in [-0.2, 0) is 16.2 Å². The maximum Gasteiger partial charge on any atom is 0.270 e. The average molecular weight is 663 g/mol. The smallest absolute Gasteiger partial charge is 0.270 e. The molecule has 0 radical (unpaired) electrons. The molecule has 0 atom stereocenters. The van der Waals surface area contributed by atoms with Crippen molar-refractivity contribution in [2.45, 2.75) is 20.5 Å². The number of ether oxygens (including phenoxy) is 1. The Labute approximate surface area is 269 Å². The molecule has 6 nitrogen and oxygen atoms in total. The van der Waals surface area contributed by atoms with Crippen LogP contribution in [0.3, 0.4) is 0 Å². The molecule has 2 heterocycles. The predicted molar refractivity (Wildman–Crippen MR) is 182 cm³/mol. The molecule has 4 aromatic carbocycles. The zero-order chi connectivity index (χ0) is 30.8. The predicted octanol–water partition coefficient (Wildman–Crippen LogP) is 8.18. The van der Waals surface area contributed by atoms with Gasteiger partial charge in [-0.1, -0.05) is 64.5 Å². The molecule has 0 spiro atoms. The lowest BCUT2D eigenvalue weighted by Crippen LogP contribution is -2.56. The molecule has 0 unspecified atom stereocenters. The van der Waals surface area contributed by atoms with Crippen LogP contribution in [0.5, 0.6) is 5.75 Å². The van der Waals surface area contributed by atoms with E-state index in [2.05, 4.69) is 20.5 Å². The first kappa shape index (κ1) is 29.3. The number of carbonyl (C=O) groups excluding carboxylic acids is 2. The summed E-state index contributed by atoms with van der Waals surface area (Å²) < 4.78 is 9.11. The molecule has 1 aliphatic heterocycles. The number of anilines is 2. The van der Waals surface area contributed by atoms with E-state index in [9.17, 15) is 9.59 Å². The van der Waals surface area contributed by atoms with Gasteiger partial charge in [-0.2, -0.15) is 0 Å². The van der Waals surface area contributed by atoms with Crippen molar-refractivity contribution in [3.63, 3.8) is 0 Å². The number of aryl methyl sites for hydroxylation is 1. The van der Waals surface area contributed by atoms with Crippen molar-refractivity contribution in [1.82, 2.24) is 4.57 Å². The fraction of sp³-hybridized carbons (Fsp3) is 0.0833. The molecule has 6 rings (SSSR count). The van der Waals surface area contributed by atoms with E-state index in [1.54, 1.807) is 30.3 Å². The summed E-state index contributed by atoms with van der Waals surface area (Å²) in [4.78, 5) is 30.7. The van der Waals surface area contributed by atoms with Gasteiger partial charge < -0.3 is 9.30 Å². The number of hydrogen-bond acceptors (Lipinski definition) is 4. The summed E-state index contributed by atoms with van der Waals surface area (Å²) >= 11 is 9.18. The molecular formula is C36H28BrN3O3S. The first-order chi connectivity index (χ1) is 21.3. The second kappa shape index (κ2) is 12.4. The van der Waals surface area contributed by atoms with E-state index in [1.165, 1.54) is 9.80 Å². The summed E-state index contributed by atoms with van der Waals surface area (Å²) in [5.74, 6) is -0.163. The van der Waals surface area contributed by atoms with E-state index >= 15 is 0 Å². The number of halogens is 1. The maximum atomic E-state index is 13.9. The van der Waals surface area contributed by atoms with Gasteiger partial charge in [0, 0.05) is 21.5 Å². The lowest BCUT2D eigenvalue weighted by molar-refractivity contribution is -0.120. The van der Waals surface area contributed by atoms with Crippen molar-refractivity contribution in [2.75, 3.05) is 9.80 Å². The SMILES string of the molecule is Cc1cc(C=C2C(=O)N(c3ccccc3)C(=S)N(c3ccccc3)C2=O)c(C)n1-c1ccc(OCc2ccc(Br)cc2)cc1. The van der Waals surface area contributed by atoms with Crippen LogP contribution in [0.1, 0.15) is 22.5 Å². The molecule has 0 saturated carbocycles. The Morgan fingerprint density at radius 2 is 1.27 bits per heavy atom. The Hall–Kier alpha value is -4.79. The van der Waals surface area contributed by atoms with E-state index in [4.69, 9.17) is 17.0 Å². The Balaban J connectivity index is 1.32. The maximum absolute atomic E-state index is 13.9. The molecule has 0 N–H and O–H groups in total. The third-order valence-electron chi connectivity index (χ3n) is 7.46. The van der Waals surface area contributed by atoms with Gasteiger partial charge in [-0.3, -0.25) is 19.4 Å². The van der Waals surface area contributed by atoms with Gasteiger partial charge in [0.2, 0.25) is 0 Å². The normalized spacial score (nSPS) is 13.4. The van der Waals surface area contributed by atoms with Crippen molar-refractivity contribution >= 4 is 62.5 Å². The van der Waals surface area contributed by atoms with Gasteiger partial charge in [-0.25, -0.2) is 0 Å². The van der Waals surface area contributed by atoms with Crippen molar-refractivity contribution in [3.05, 3.63) is 148 Å². The highest BCUT2D eigenvalue weighted by atomic mass is 79.9. The summed E-state index contributed by atoms with van der Waals surface area (Å²) in [5, 5.41) is 0.113. The van der Waals surface area contributed by atoms with E-state index in [1.807, 2.05) is 105 Å². The third-order valence-corrected chi connectivity index (χ3v) is 8.36. The fourth-order valence-corrected chi connectivity index (χ4v) is 5.91. The zero-order valence-corrected chi connectivity index (χ0v) is 26.5. The Morgan fingerprint density at radius 1 is 0.727 bits per heavy atom.